The molecule has 1 N–H and O–H groups in total. The van der Waals surface area contributed by atoms with E-state index in [1.807, 2.05) is 18.7 Å². The number of likely N-dealkylation sites (N-methyl/N-ethyl adjacent to an activating group) is 1. The lowest BCUT2D eigenvalue weighted by atomic mass is 10.1. The van der Waals surface area contributed by atoms with Crippen molar-refractivity contribution in [1.29, 1.82) is 0 Å². The summed E-state index contributed by atoms with van der Waals surface area (Å²) in [4.78, 5) is 26.4. The Kier molecular flexibility index (Phi) is 9.21. The largest absolute Gasteiger partial charge is 0.481 e. The summed E-state index contributed by atoms with van der Waals surface area (Å²) in [5, 5.41) is 8.75. The highest BCUT2D eigenvalue weighted by Gasteiger charge is 2.16. The van der Waals surface area contributed by atoms with Gasteiger partial charge in [-0.05, 0) is 32.7 Å². The van der Waals surface area contributed by atoms with E-state index in [1.54, 1.807) is 4.90 Å². The monoisotopic (exact) mass is 272 g/mol. The summed E-state index contributed by atoms with van der Waals surface area (Å²) in [5.41, 5.74) is 0. The van der Waals surface area contributed by atoms with Crippen LogP contribution in [-0.4, -0.2) is 59.5 Å². The van der Waals surface area contributed by atoms with Crippen molar-refractivity contribution >= 4 is 11.9 Å². The molecule has 0 atom stereocenters. The van der Waals surface area contributed by atoms with Gasteiger partial charge in [0.25, 0.3) is 0 Å². The van der Waals surface area contributed by atoms with E-state index < -0.39 is 5.97 Å². The molecule has 0 rings (SSSR count). The summed E-state index contributed by atoms with van der Waals surface area (Å²) >= 11 is 0. The molecule has 0 aromatic heterocycles. The third kappa shape index (κ3) is 8.59. The molecule has 0 aliphatic heterocycles. The minimum absolute atomic E-state index is 0.0825. The maximum absolute atomic E-state index is 12.0. The van der Waals surface area contributed by atoms with Crippen LogP contribution in [0.4, 0.5) is 0 Å². The van der Waals surface area contributed by atoms with Crippen molar-refractivity contribution in [2.75, 3.05) is 32.7 Å². The number of aliphatic carboxylic acids is 1. The van der Waals surface area contributed by atoms with E-state index in [1.165, 1.54) is 0 Å². The van der Waals surface area contributed by atoms with Crippen LogP contribution in [0.1, 0.15) is 40.5 Å². The third-order valence-electron chi connectivity index (χ3n) is 3.14. The molecule has 112 valence electrons. The summed E-state index contributed by atoms with van der Waals surface area (Å²) in [5.74, 6) is -0.181. The van der Waals surface area contributed by atoms with Gasteiger partial charge in [-0.3, -0.25) is 14.5 Å². The second-order valence-corrected chi connectivity index (χ2v) is 5.17. The number of carboxylic acids is 1. The number of hydrogen-bond donors (Lipinski definition) is 1. The molecule has 0 bridgehead atoms. The lowest BCUT2D eigenvalue weighted by Crippen LogP contribution is -2.41. The van der Waals surface area contributed by atoms with E-state index in [2.05, 4.69) is 13.8 Å². The number of carbonyl (C=O) groups excluding carboxylic acids is 1. The van der Waals surface area contributed by atoms with E-state index >= 15 is 0 Å². The van der Waals surface area contributed by atoms with Crippen LogP contribution < -0.4 is 0 Å². The molecule has 0 saturated heterocycles. The highest BCUT2D eigenvalue weighted by molar-refractivity contribution is 5.78. The average molecular weight is 272 g/mol. The second kappa shape index (κ2) is 9.78. The first-order valence-electron chi connectivity index (χ1n) is 7.12. The van der Waals surface area contributed by atoms with Gasteiger partial charge < -0.3 is 10.0 Å². The predicted octanol–water partition coefficient (Wildman–Crippen LogP) is 1.68. The molecule has 0 aromatic rings. The van der Waals surface area contributed by atoms with Gasteiger partial charge in [-0.15, -0.1) is 0 Å². The summed E-state index contributed by atoms with van der Waals surface area (Å²) < 4.78 is 0. The van der Waals surface area contributed by atoms with Crippen molar-refractivity contribution in [3.63, 3.8) is 0 Å². The van der Waals surface area contributed by atoms with Crippen LogP contribution in [0.3, 0.4) is 0 Å². The number of nitrogens with zero attached hydrogens (tertiary/aromatic N) is 2. The minimum atomic E-state index is -0.815. The fraction of sp³-hybridized carbons (Fsp3) is 0.857. The van der Waals surface area contributed by atoms with Gasteiger partial charge in [0.2, 0.25) is 5.91 Å². The van der Waals surface area contributed by atoms with Gasteiger partial charge in [0.15, 0.2) is 0 Å². The smallest absolute Gasteiger partial charge is 0.304 e. The third-order valence-corrected chi connectivity index (χ3v) is 3.14. The molecule has 0 fully saturated rings. The minimum Gasteiger partial charge on any atom is -0.481 e. The fourth-order valence-corrected chi connectivity index (χ4v) is 1.83. The number of carboxylic acid groups (broad SMARTS) is 1. The molecule has 1 amide bonds. The molecule has 0 aliphatic rings. The van der Waals surface area contributed by atoms with Crippen LogP contribution in [0.2, 0.25) is 0 Å². The number of rotatable bonds is 10. The van der Waals surface area contributed by atoms with Crippen LogP contribution in [0, 0.1) is 5.92 Å². The number of amides is 1. The molecule has 0 unspecified atom stereocenters. The summed E-state index contributed by atoms with van der Waals surface area (Å²) in [7, 11) is 0. The van der Waals surface area contributed by atoms with E-state index in [9.17, 15) is 9.59 Å². The van der Waals surface area contributed by atoms with E-state index in [-0.39, 0.29) is 12.3 Å². The van der Waals surface area contributed by atoms with Crippen molar-refractivity contribution in [2.45, 2.75) is 40.5 Å². The van der Waals surface area contributed by atoms with Crippen molar-refractivity contribution in [1.82, 2.24) is 9.80 Å². The quantitative estimate of drug-likeness (QED) is 0.657. The molecule has 0 heterocycles. The van der Waals surface area contributed by atoms with Crippen molar-refractivity contribution in [3.8, 4) is 0 Å². The van der Waals surface area contributed by atoms with Gasteiger partial charge in [-0.25, -0.2) is 0 Å². The molecular weight excluding hydrogens is 244 g/mol. The van der Waals surface area contributed by atoms with Gasteiger partial charge in [0.05, 0.1) is 13.0 Å². The Labute approximate surface area is 116 Å². The molecule has 0 aromatic carbocycles. The van der Waals surface area contributed by atoms with Gasteiger partial charge >= 0.3 is 5.97 Å². The van der Waals surface area contributed by atoms with Gasteiger partial charge in [0.1, 0.15) is 0 Å². The van der Waals surface area contributed by atoms with Crippen molar-refractivity contribution < 1.29 is 14.7 Å². The Morgan fingerprint density at radius 1 is 1.11 bits per heavy atom. The predicted molar refractivity (Wildman–Crippen MR) is 76.1 cm³/mol. The van der Waals surface area contributed by atoms with Crippen LogP contribution in [0.5, 0.6) is 0 Å². The average Bonchev–Trinajstić information content (AvgIpc) is 2.33. The highest BCUT2D eigenvalue weighted by Crippen LogP contribution is 2.04. The Hall–Kier alpha value is -1.10. The summed E-state index contributed by atoms with van der Waals surface area (Å²) in [6.45, 7) is 11.1. The normalized spacial score (nSPS) is 11.1. The first-order chi connectivity index (χ1) is 8.90. The molecular formula is C14H28N2O3. The zero-order valence-corrected chi connectivity index (χ0v) is 12.7. The Morgan fingerprint density at radius 2 is 1.68 bits per heavy atom. The summed E-state index contributed by atoms with van der Waals surface area (Å²) in [6.07, 6.45) is 1.06. The van der Waals surface area contributed by atoms with Crippen LogP contribution in [0.25, 0.3) is 0 Å². The molecule has 5 nitrogen and oxygen atoms in total. The van der Waals surface area contributed by atoms with E-state index in [0.29, 0.717) is 32.1 Å². The Balaban J connectivity index is 4.37. The Bertz CT molecular complexity index is 276. The zero-order valence-electron chi connectivity index (χ0n) is 12.7. The summed E-state index contributed by atoms with van der Waals surface area (Å²) in [6, 6.07) is 0. The molecule has 0 saturated carbocycles. The van der Waals surface area contributed by atoms with Gasteiger partial charge in [-0.2, -0.15) is 0 Å². The Morgan fingerprint density at radius 3 is 2.11 bits per heavy atom. The topological polar surface area (TPSA) is 60.9 Å². The van der Waals surface area contributed by atoms with Crippen LogP contribution >= 0.6 is 0 Å². The lowest BCUT2D eigenvalue weighted by molar-refractivity contribution is -0.138. The standard InChI is InChI=1S/C14H28N2O3/c1-5-16(6-2)13(17)11-15(9-7-12(3)4)10-8-14(18)19/h12H,5-11H2,1-4H3,(H,18,19). The maximum atomic E-state index is 12.0. The van der Waals surface area contributed by atoms with Crippen molar-refractivity contribution in [2.24, 2.45) is 5.92 Å². The van der Waals surface area contributed by atoms with Crippen molar-refractivity contribution in [3.05, 3.63) is 0 Å². The zero-order chi connectivity index (χ0) is 14.8. The van der Waals surface area contributed by atoms with Gasteiger partial charge in [0, 0.05) is 19.6 Å². The lowest BCUT2D eigenvalue weighted by Gasteiger charge is -2.26. The van der Waals surface area contributed by atoms with Gasteiger partial charge in [-0.1, -0.05) is 13.8 Å². The van der Waals surface area contributed by atoms with E-state index in [4.69, 9.17) is 5.11 Å². The number of carbonyl (C=O) groups is 2. The molecule has 19 heavy (non-hydrogen) atoms. The first kappa shape index (κ1) is 17.9. The molecule has 0 radical (unpaired) electrons. The maximum Gasteiger partial charge on any atom is 0.304 e. The van der Waals surface area contributed by atoms with Crippen LogP contribution in [-0.2, 0) is 9.59 Å². The molecule has 5 heteroatoms. The van der Waals surface area contributed by atoms with Crippen LogP contribution in [0.15, 0.2) is 0 Å². The first-order valence-corrected chi connectivity index (χ1v) is 7.12. The SMILES string of the molecule is CCN(CC)C(=O)CN(CCC(=O)O)CCC(C)C. The molecule has 0 aliphatic carbocycles. The van der Waals surface area contributed by atoms with E-state index in [0.717, 1.165) is 13.0 Å². The highest BCUT2D eigenvalue weighted by atomic mass is 16.4. The fourth-order valence-electron chi connectivity index (χ4n) is 1.83. The molecule has 0 spiro atoms. The number of hydrogen-bond acceptors (Lipinski definition) is 3. The second-order valence-electron chi connectivity index (χ2n) is 5.17.